The third-order valence-electron chi connectivity index (χ3n) is 3.03. The highest BCUT2D eigenvalue weighted by Crippen LogP contribution is 2.36. The van der Waals surface area contributed by atoms with Crippen LogP contribution in [-0.4, -0.2) is 21.9 Å². The summed E-state index contributed by atoms with van der Waals surface area (Å²) < 4.78 is 5.02. The van der Waals surface area contributed by atoms with Crippen LogP contribution in [0.1, 0.15) is 49.9 Å². The maximum Gasteiger partial charge on any atom is 0.245 e. The van der Waals surface area contributed by atoms with Crippen LogP contribution in [0.4, 0.5) is 0 Å². The number of rotatable bonds is 3. The minimum absolute atomic E-state index is 0.164. The summed E-state index contributed by atoms with van der Waals surface area (Å²) in [6, 6.07) is -0.551. The second-order valence-electron chi connectivity index (χ2n) is 4.40. The number of nitrogens with two attached hydrogens (primary N) is 1. The third-order valence-corrected chi connectivity index (χ3v) is 3.03. The van der Waals surface area contributed by atoms with Crippen LogP contribution in [0.15, 0.2) is 4.52 Å². The van der Waals surface area contributed by atoms with Gasteiger partial charge in [0.1, 0.15) is 6.04 Å². The Morgan fingerprint density at radius 1 is 1.60 bits per heavy atom. The molecule has 1 heterocycles. The quantitative estimate of drug-likeness (QED) is 0.778. The molecule has 3 N–H and O–H groups in total. The Kier molecular flexibility index (Phi) is 3.02. The van der Waals surface area contributed by atoms with E-state index in [2.05, 4.69) is 17.1 Å². The minimum Gasteiger partial charge on any atom is -0.394 e. The van der Waals surface area contributed by atoms with E-state index < -0.39 is 6.04 Å². The van der Waals surface area contributed by atoms with E-state index in [-0.39, 0.29) is 6.61 Å². The van der Waals surface area contributed by atoms with Gasteiger partial charge in [-0.2, -0.15) is 4.98 Å². The van der Waals surface area contributed by atoms with Crippen LogP contribution in [0.25, 0.3) is 0 Å². The van der Waals surface area contributed by atoms with Crippen LogP contribution in [0, 0.1) is 5.92 Å². The lowest BCUT2D eigenvalue weighted by Gasteiger charge is -2.02. The number of aliphatic hydroxyl groups is 1. The van der Waals surface area contributed by atoms with Crippen molar-refractivity contribution in [2.45, 2.75) is 38.1 Å². The van der Waals surface area contributed by atoms with Crippen molar-refractivity contribution in [1.29, 1.82) is 0 Å². The zero-order valence-electron chi connectivity index (χ0n) is 8.89. The molecule has 1 aromatic rings. The lowest BCUT2D eigenvalue weighted by molar-refractivity contribution is 0.236. The fourth-order valence-corrected chi connectivity index (χ4v) is 2.08. The average molecular weight is 211 g/mol. The Morgan fingerprint density at radius 3 is 3.00 bits per heavy atom. The van der Waals surface area contributed by atoms with E-state index in [9.17, 15) is 0 Å². The molecule has 0 radical (unpaired) electrons. The van der Waals surface area contributed by atoms with Gasteiger partial charge >= 0.3 is 0 Å². The van der Waals surface area contributed by atoms with Gasteiger partial charge in [0.2, 0.25) is 5.89 Å². The van der Waals surface area contributed by atoms with E-state index >= 15 is 0 Å². The minimum atomic E-state index is -0.551. The first-order chi connectivity index (χ1) is 7.20. The highest BCUT2D eigenvalue weighted by Gasteiger charge is 2.27. The summed E-state index contributed by atoms with van der Waals surface area (Å²) in [7, 11) is 0. The van der Waals surface area contributed by atoms with Crippen molar-refractivity contribution in [3.8, 4) is 0 Å². The van der Waals surface area contributed by atoms with Crippen molar-refractivity contribution in [3.05, 3.63) is 11.7 Å². The molecule has 0 aliphatic heterocycles. The highest BCUT2D eigenvalue weighted by atomic mass is 16.5. The molecule has 0 spiro atoms. The fraction of sp³-hybridized carbons (Fsp3) is 0.800. The Bertz CT molecular complexity index is 326. The maximum atomic E-state index is 8.85. The third kappa shape index (κ3) is 2.18. The van der Waals surface area contributed by atoms with Crippen molar-refractivity contribution >= 4 is 0 Å². The molecule has 5 heteroatoms. The van der Waals surface area contributed by atoms with Gasteiger partial charge in [0.05, 0.1) is 6.61 Å². The zero-order valence-corrected chi connectivity index (χ0v) is 8.89. The van der Waals surface area contributed by atoms with Gasteiger partial charge in [-0.3, -0.25) is 0 Å². The predicted molar refractivity (Wildman–Crippen MR) is 54.1 cm³/mol. The van der Waals surface area contributed by atoms with E-state index in [4.69, 9.17) is 15.4 Å². The Balaban J connectivity index is 2.07. The van der Waals surface area contributed by atoms with Gasteiger partial charge in [0, 0.05) is 5.92 Å². The number of aromatic nitrogens is 2. The number of hydrogen-bond acceptors (Lipinski definition) is 5. The first-order valence-electron chi connectivity index (χ1n) is 5.40. The molecule has 1 aliphatic carbocycles. The Hall–Kier alpha value is -0.940. The summed E-state index contributed by atoms with van der Waals surface area (Å²) in [6.07, 6.45) is 3.46. The van der Waals surface area contributed by atoms with Gasteiger partial charge in [0.25, 0.3) is 0 Å². The Morgan fingerprint density at radius 2 is 2.40 bits per heavy atom. The average Bonchev–Trinajstić information content (AvgIpc) is 2.84. The molecule has 0 aromatic carbocycles. The van der Waals surface area contributed by atoms with Crippen LogP contribution in [0.5, 0.6) is 0 Å². The van der Waals surface area contributed by atoms with Crippen LogP contribution in [0.2, 0.25) is 0 Å². The Labute approximate surface area is 88.7 Å². The van der Waals surface area contributed by atoms with Crippen LogP contribution >= 0.6 is 0 Å². The maximum absolute atomic E-state index is 8.85. The monoisotopic (exact) mass is 211 g/mol. The molecule has 5 nitrogen and oxygen atoms in total. The first kappa shape index (κ1) is 10.6. The lowest BCUT2D eigenvalue weighted by Crippen LogP contribution is -2.14. The largest absolute Gasteiger partial charge is 0.394 e. The van der Waals surface area contributed by atoms with E-state index in [1.165, 1.54) is 6.42 Å². The highest BCUT2D eigenvalue weighted by molar-refractivity contribution is 5.00. The summed E-state index contributed by atoms with van der Waals surface area (Å²) >= 11 is 0. The predicted octanol–water partition coefficient (Wildman–Crippen LogP) is 0.965. The van der Waals surface area contributed by atoms with E-state index in [0.717, 1.165) is 24.6 Å². The second-order valence-corrected chi connectivity index (χ2v) is 4.40. The number of aliphatic hydroxyl groups excluding tert-OH is 1. The SMILES string of the molecule is CC1CCC(c2noc([C@H](N)CO)n2)C1. The molecule has 2 unspecified atom stereocenters. The van der Waals surface area contributed by atoms with Crippen LogP contribution in [-0.2, 0) is 0 Å². The van der Waals surface area contributed by atoms with Crippen LogP contribution in [0.3, 0.4) is 0 Å². The first-order valence-corrected chi connectivity index (χ1v) is 5.40. The molecule has 1 fully saturated rings. The molecule has 2 rings (SSSR count). The van der Waals surface area contributed by atoms with Gasteiger partial charge in [0.15, 0.2) is 5.82 Å². The summed E-state index contributed by atoms with van der Waals surface area (Å²) in [5, 5.41) is 12.8. The lowest BCUT2D eigenvalue weighted by atomic mass is 10.1. The van der Waals surface area contributed by atoms with Crippen molar-refractivity contribution in [3.63, 3.8) is 0 Å². The molecular weight excluding hydrogens is 194 g/mol. The van der Waals surface area contributed by atoms with Gasteiger partial charge in [-0.1, -0.05) is 12.1 Å². The molecule has 0 saturated heterocycles. The molecule has 3 atom stereocenters. The van der Waals surface area contributed by atoms with E-state index in [0.29, 0.717) is 11.8 Å². The van der Waals surface area contributed by atoms with Crippen LogP contribution < -0.4 is 5.73 Å². The van der Waals surface area contributed by atoms with Crippen molar-refractivity contribution in [2.75, 3.05) is 6.61 Å². The molecule has 15 heavy (non-hydrogen) atoms. The molecule has 0 bridgehead atoms. The summed E-state index contributed by atoms with van der Waals surface area (Å²) in [5.74, 6) is 2.23. The molecule has 1 aromatic heterocycles. The van der Waals surface area contributed by atoms with E-state index in [1.54, 1.807) is 0 Å². The number of hydrogen-bond donors (Lipinski definition) is 2. The van der Waals surface area contributed by atoms with Crippen molar-refractivity contribution < 1.29 is 9.63 Å². The second kappa shape index (κ2) is 4.28. The van der Waals surface area contributed by atoms with Gasteiger partial charge in [-0.05, 0) is 25.2 Å². The van der Waals surface area contributed by atoms with Crippen molar-refractivity contribution in [1.82, 2.24) is 10.1 Å². The smallest absolute Gasteiger partial charge is 0.245 e. The van der Waals surface area contributed by atoms with Crippen molar-refractivity contribution in [2.24, 2.45) is 11.7 Å². The summed E-state index contributed by atoms with van der Waals surface area (Å²) in [4.78, 5) is 4.23. The normalized spacial score (nSPS) is 28.2. The molecular formula is C10H17N3O2. The molecule has 1 aliphatic rings. The molecule has 1 saturated carbocycles. The molecule has 0 amide bonds. The van der Waals surface area contributed by atoms with Gasteiger partial charge < -0.3 is 15.4 Å². The zero-order chi connectivity index (χ0) is 10.8. The topological polar surface area (TPSA) is 85.2 Å². The summed E-state index contributed by atoms with van der Waals surface area (Å²) in [5.41, 5.74) is 5.59. The molecule has 84 valence electrons. The number of nitrogens with zero attached hydrogens (tertiary/aromatic N) is 2. The van der Waals surface area contributed by atoms with Gasteiger partial charge in [-0.25, -0.2) is 0 Å². The fourth-order valence-electron chi connectivity index (χ4n) is 2.08. The summed E-state index contributed by atoms with van der Waals surface area (Å²) in [6.45, 7) is 2.07. The standard InChI is InChI=1S/C10H17N3O2/c1-6-2-3-7(4-6)9-12-10(15-13-9)8(11)5-14/h6-8,14H,2-5,11H2,1H3/t6?,7?,8-/m1/s1. The van der Waals surface area contributed by atoms with Gasteiger partial charge in [-0.15, -0.1) is 0 Å². The van der Waals surface area contributed by atoms with E-state index in [1.807, 2.05) is 0 Å².